The fraction of sp³-hybridized carbons (Fsp3) is 0.571. The predicted molar refractivity (Wildman–Crippen MR) is 76.6 cm³/mol. The molecule has 0 atom stereocenters. The summed E-state index contributed by atoms with van der Waals surface area (Å²) >= 11 is 0. The van der Waals surface area contributed by atoms with Crippen LogP contribution < -0.4 is 4.74 Å². The van der Waals surface area contributed by atoms with Gasteiger partial charge >= 0.3 is 11.8 Å². The summed E-state index contributed by atoms with van der Waals surface area (Å²) in [6.07, 6.45) is -0.511. The van der Waals surface area contributed by atoms with Gasteiger partial charge in [0.2, 0.25) is 5.75 Å². The maximum atomic E-state index is 11.8. The number of rotatable bonds is 3. The summed E-state index contributed by atoms with van der Waals surface area (Å²) in [7, 11) is 0. The molecule has 21 heavy (non-hydrogen) atoms. The van der Waals surface area contributed by atoms with Crippen molar-refractivity contribution in [3.8, 4) is 5.75 Å². The van der Waals surface area contributed by atoms with Gasteiger partial charge in [0, 0.05) is 11.3 Å². The summed E-state index contributed by atoms with van der Waals surface area (Å²) in [6, 6.07) is 0. The molecule has 0 unspecified atom stereocenters. The van der Waals surface area contributed by atoms with Gasteiger partial charge in [-0.05, 0) is 41.0 Å². The van der Waals surface area contributed by atoms with Gasteiger partial charge in [0.15, 0.2) is 0 Å². The summed E-state index contributed by atoms with van der Waals surface area (Å²) < 4.78 is 10.2. The highest BCUT2D eigenvalue weighted by Crippen LogP contribution is 2.35. The summed E-state index contributed by atoms with van der Waals surface area (Å²) in [5.74, 6) is -0.0817. The van der Waals surface area contributed by atoms with Crippen molar-refractivity contribution in [2.24, 2.45) is 0 Å². The highest BCUT2D eigenvalue weighted by molar-refractivity contribution is 5.69. The number of aryl methyl sites for hydroxylation is 2. The highest BCUT2D eigenvalue weighted by Gasteiger charge is 2.29. The second kappa shape index (κ2) is 6.07. The van der Waals surface area contributed by atoms with Gasteiger partial charge in [-0.1, -0.05) is 6.92 Å². The Hall–Kier alpha value is -2.18. The number of carbonyl (C=O) groups is 1. The molecule has 0 saturated heterocycles. The smallest absolute Gasteiger partial charge is 0.428 e. The first kappa shape index (κ1) is 16.9. The van der Waals surface area contributed by atoms with E-state index in [1.54, 1.807) is 27.7 Å². The average Bonchev–Trinajstić information content (AvgIpc) is 2.24. The normalized spacial score (nSPS) is 11.1. The molecule has 0 fully saturated rings. The minimum atomic E-state index is -0.967. The van der Waals surface area contributed by atoms with Gasteiger partial charge < -0.3 is 9.47 Å². The van der Waals surface area contributed by atoms with Crippen LogP contribution in [0.2, 0.25) is 0 Å². The molecule has 0 aliphatic heterocycles. The van der Waals surface area contributed by atoms with E-state index in [4.69, 9.17) is 9.47 Å². The van der Waals surface area contributed by atoms with Crippen LogP contribution in [0.5, 0.6) is 5.75 Å². The largest absolute Gasteiger partial charge is 0.514 e. The molecule has 7 heteroatoms. The Labute approximate surface area is 123 Å². The fourth-order valence-corrected chi connectivity index (χ4v) is 1.94. The summed E-state index contributed by atoms with van der Waals surface area (Å²) in [5, 5.41) is 11.2. The van der Waals surface area contributed by atoms with E-state index < -0.39 is 16.7 Å². The van der Waals surface area contributed by atoms with E-state index in [0.717, 1.165) is 0 Å². The van der Waals surface area contributed by atoms with Crippen LogP contribution in [0.3, 0.4) is 0 Å². The van der Waals surface area contributed by atoms with Gasteiger partial charge in [0.25, 0.3) is 0 Å². The molecule has 116 valence electrons. The zero-order chi connectivity index (χ0) is 16.4. The summed E-state index contributed by atoms with van der Waals surface area (Å²) in [4.78, 5) is 26.6. The maximum Gasteiger partial charge on any atom is 0.514 e. The van der Waals surface area contributed by atoms with Crippen molar-refractivity contribution in [1.29, 1.82) is 0 Å². The lowest BCUT2D eigenvalue weighted by atomic mass is 10.1. The molecular weight excluding hydrogens is 276 g/mol. The number of aromatic nitrogens is 1. The van der Waals surface area contributed by atoms with Gasteiger partial charge in [0.05, 0.1) is 4.92 Å². The Morgan fingerprint density at radius 2 is 1.86 bits per heavy atom. The molecule has 0 aliphatic carbocycles. The van der Waals surface area contributed by atoms with Crippen LogP contribution in [-0.2, 0) is 11.2 Å². The van der Waals surface area contributed by atoms with Crippen LogP contribution in [0, 0.1) is 24.0 Å². The minimum absolute atomic E-state index is 0.0817. The zero-order valence-electron chi connectivity index (χ0n) is 13.1. The van der Waals surface area contributed by atoms with Crippen LogP contribution in [0.4, 0.5) is 10.5 Å². The molecule has 7 nitrogen and oxygen atoms in total. The van der Waals surface area contributed by atoms with E-state index in [9.17, 15) is 14.9 Å². The number of ether oxygens (including phenoxy) is 2. The number of pyridine rings is 1. The molecule has 0 aliphatic rings. The van der Waals surface area contributed by atoms with E-state index >= 15 is 0 Å². The van der Waals surface area contributed by atoms with E-state index in [-0.39, 0.29) is 17.1 Å². The standard InChI is InChI=1S/C14H20N2O5/c1-7-10-8(2)15-9(3)11(16(18)19)12(10)20-13(17)21-14(4,5)6/h7H2,1-6H3. The van der Waals surface area contributed by atoms with Crippen LogP contribution in [-0.4, -0.2) is 21.7 Å². The molecule has 0 aromatic carbocycles. The van der Waals surface area contributed by atoms with Crippen molar-refractivity contribution in [2.45, 2.75) is 53.6 Å². The Kier molecular flexibility index (Phi) is 4.88. The fourth-order valence-electron chi connectivity index (χ4n) is 1.94. The van der Waals surface area contributed by atoms with Gasteiger partial charge in [-0.15, -0.1) is 0 Å². The monoisotopic (exact) mass is 296 g/mol. The third kappa shape index (κ3) is 4.14. The van der Waals surface area contributed by atoms with E-state index in [1.165, 1.54) is 6.92 Å². The second-order valence-electron chi connectivity index (χ2n) is 5.62. The third-order valence-electron chi connectivity index (χ3n) is 2.72. The second-order valence-corrected chi connectivity index (χ2v) is 5.62. The molecule has 1 heterocycles. The van der Waals surface area contributed by atoms with Gasteiger partial charge in [-0.25, -0.2) is 4.79 Å². The van der Waals surface area contributed by atoms with E-state index in [1.807, 2.05) is 6.92 Å². The molecule has 0 saturated carbocycles. The molecule has 1 aromatic heterocycles. The molecule has 1 rings (SSSR count). The molecule has 0 amide bonds. The average molecular weight is 296 g/mol. The first-order chi connectivity index (χ1) is 9.56. The van der Waals surface area contributed by atoms with Crippen LogP contribution >= 0.6 is 0 Å². The maximum absolute atomic E-state index is 11.8. The first-order valence-corrected chi connectivity index (χ1v) is 6.62. The van der Waals surface area contributed by atoms with Gasteiger partial charge in [-0.3, -0.25) is 15.1 Å². The summed E-state index contributed by atoms with van der Waals surface area (Å²) in [6.45, 7) is 10.1. The molecule has 0 radical (unpaired) electrons. The lowest BCUT2D eigenvalue weighted by Gasteiger charge is -2.19. The van der Waals surface area contributed by atoms with Crippen molar-refractivity contribution in [3.63, 3.8) is 0 Å². The van der Waals surface area contributed by atoms with Crippen LogP contribution in [0.25, 0.3) is 0 Å². The van der Waals surface area contributed by atoms with Crippen molar-refractivity contribution < 1.29 is 19.2 Å². The Bertz CT molecular complexity index is 576. The minimum Gasteiger partial charge on any atom is -0.428 e. The Morgan fingerprint density at radius 3 is 2.29 bits per heavy atom. The number of nitro groups is 1. The van der Waals surface area contributed by atoms with Crippen molar-refractivity contribution in [1.82, 2.24) is 4.98 Å². The molecule has 0 N–H and O–H groups in total. The number of carbonyl (C=O) groups excluding carboxylic acids is 1. The highest BCUT2D eigenvalue weighted by atomic mass is 16.7. The molecule has 1 aromatic rings. The zero-order valence-corrected chi connectivity index (χ0v) is 13.1. The molecular formula is C14H20N2O5. The number of hydrogen-bond acceptors (Lipinski definition) is 6. The molecule has 0 spiro atoms. The Balaban J connectivity index is 3.32. The number of hydrogen-bond donors (Lipinski definition) is 0. The lowest BCUT2D eigenvalue weighted by Crippen LogP contribution is -2.26. The van der Waals surface area contributed by atoms with Crippen molar-refractivity contribution >= 4 is 11.8 Å². The third-order valence-corrected chi connectivity index (χ3v) is 2.72. The summed E-state index contributed by atoms with van der Waals surface area (Å²) in [5.41, 5.74) is 0.281. The van der Waals surface area contributed by atoms with E-state index in [2.05, 4.69) is 4.98 Å². The van der Waals surface area contributed by atoms with Gasteiger partial charge in [-0.2, -0.15) is 0 Å². The predicted octanol–water partition coefficient (Wildman–Crippen LogP) is 3.48. The Morgan fingerprint density at radius 1 is 1.29 bits per heavy atom. The van der Waals surface area contributed by atoms with Gasteiger partial charge in [0.1, 0.15) is 11.3 Å². The molecule has 0 bridgehead atoms. The van der Waals surface area contributed by atoms with Crippen LogP contribution in [0.15, 0.2) is 0 Å². The topological polar surface area (TPSA) is 91.6 Å². The van der Waals surface area contributed by atoms with E-state index in [0.29, 0.717) is 17.7 Å². The van der Waals surface area contributed by atoms with Crippen LogP contribution in [0.1, 0.15) is 44.6 Å². The van der Waals surface area contributed by atoms with Crippen molar-refractivity contribution in [3.05, 3.63) is 27.1 Å². The number of nitrogens with zero attached hydrogens (tertiary/aromatic N) is 2. The SMILES string of the molecule is CCc1c(C)nc(C)c([N+](=O)[O-])c1OC(=O)OC(C)(C)C. The first-order valence-electron chi connectivity index (χ1n) is 6.62. The van der Waals surface area contributed by atoms with Crippen molar-refractivity contribution in [2.75, 3.05) is 0 Å². The quantitative estimate of drug-likeness (QED) is 0.481. The lowest BCUT2D eigenvalue weighted by molar-refractivity contribution is -0.386.